The second kappa shape index (κ2) is 5.85. The van der Waals surface area contributed by atoms with Crippen LogP contribution in [0.4, 0.5) is 0 Å². The van der Waals surface area contributed by atoms with E-state index in [1.807, 2.05) is 12.1 Å². The molecular weight excluding hydrogens is 234 g/mol. The second-order valence-electron chi connectivity index (χ2n) is 4.84. The van der Waals surface area contributed by atoms with Crippen molar-refractivity contribution < 1.29 is 4.74 Å². The number of benzene rings is 1. The first-order valence-electron chi connectivity index (χ1n) is 6.21. The fourth-order valence-electron chi connectivity index (χ4n) is 2.26. The molecule has 0 aliphatic heterocycles. The summed E-state index contributed by atoms with van der Waals surface area (Å²) < 4.78 is 5.22. The van der Waals surface area contributed by atoms with Gasteiger partial charge in [-0.3, -0.25) is 0 Å². The lowest BCUT2D eigenvalue weighted by molar-refractivity contribution is 0.108. The maximum atomic E-state index is 6.19. The van der Waals surface area contributed by atoms with Crippen LogP contribution in [0.15, 0.2) is 24.3 Å². The molecular formula is C14H20ClNO. The molecule has 1 atom stereocenters. The average molecular weight is 254 g/mol. The minimum atomic E-state index is 0.286. The van der Waals surface area contributed by atoms with E-state index in [1.165, 1.54) is 18.4 Å². The van der Waals surface area contributed by atoms with E-state index in [2.05, 4.69) is 24.4 Å². The van der Waals surface area contributed by atoms with Gasteiger partial charge in [0.1, 0.15) is 0 Å². The molecule has 94 valence electrons. The Kier molecular flexibility index (Phi) is 4.43. The monoisotopic (exact) mass is 253 g/mol. The van der Waals surface area contributed by atoms with Crippen LogP contribution in [0.1, 0.15) is 31.2 Å². The lowest BCUT2D eigenvalue weighted by Crippen LogP contribution is -2.43. The minimum Gasteiger partial charge on any atom is -0.380 e. The van der Waals surface area contributed by atoms with Crippen molar-refractivity contribution in [3.8, 4) is 0 Å². The van der Waals surface area contributed by atoms with Gasteiger partial charge in [0.15, 0.2) is 0 Å². The van der Waals surface area contributed by atoms with E-state index in [1.54, 1.807) is 7.11 Å². The van der Waals surface area contributed by atoms with Gasteiger partial charge in [-0.05, 0) is 37.3 Å². The van der Waals surface area contributed by atoms with Crippen molar-refractivity contribution in [3.05, 3.63) is 34.9 Å². The molecule has 1 fully saturated rings. The number of nitrogens with one attached hydrogen (secondary N) is 1. The number of rotatable bonds is 5. The van der Waals surface area contributed by atoms with Crippen LogP contribution in [0.5, 0.6) is 0 Å². The van der Waals surface area contributed by atoms with E-state index >= 15 is 0 Å². The molecule has 0 bridgehead atoms. The van der Waals surface area contributed by atoms with Crippen LogP contribution in [-0.2, 0) is 4.74 Å². The summed E-state index contributed by atoms with van der Waals surface area (Å²) in [7, 11) is 1.75. The smallest absolute Gasteiger partial charge is 0.0667 e. The molecule has 0 amide bonds. The maximum absolute atomic E-state index is 6.19. The normalized spacial score (nSPS) is 25.4. The summed E-state index contributed by atoms with van der Waals surface area (Å²) in [5.74, 6) is 0.624. The Bertz CT molecular complexity index is 363. The van der Waals surface area contributed by atoms with E-state index in [0.29, 0.717) is 12.0 Å². The van der Waals surface area contributed by atoms with Crippen LogP contribution in [-0.4, -0.2) is 25.8 Å². The van der Waals surface area contributed by atoms with E-state index in [9.17, 15) is 0 Å². The second-order valence-corrected chi connectivity index (χ2v) is 5.25. The lowest BCUT2D eigenvalue weighted by Gasteiger charge is -2.37. The number of hydrogen-bond acceptors (Lipinski definition) is 2. The van der Waals surface area contributed by atoms with Crippen LogP contribution < -0.4 is 5.32 Å². The van der Waals surface area contributed by atoms with Crippen LogP contribution in [0.25, 0.3) is 0 Å². The minimum absolute atomic E-state index is 0.286. The lowest BCUT2D eigenvalue weighted by atomic mass is 9.76. The van der Waals surface area contributed by atoms with Gasteiger partial charge in [0.05, 0.1) is 6.10 Å². The molecule has 0 saturated heterocycles. The van der Waals surface area contributed by atoms with Crippen LogP contribution >= 0.6 is 11.6 Å². The van der Waals surface area contributed by atoms with Crippen molar-refractivity contribution >= 4 is 11.6 Å². The number of hydrogen-bond donors (Lipinski definition) is 1. The van der Waals surface area contributed by atoms with Crippen LogP contribution in [0.2, 0.25) is 5.02 Å². The van der Waals surface area contributed by atoms with Gasteiger partial charge in [-0.15, -0.1) is 0 Å². The van der Waals surface area contributed by atoms with Gasteiger partial charge >= 0.3 is 0 Å². The topological polar surface area (TPSA) is 21.3 Å². The highest BCUT2D eigenvalue weighted by atomic mass is 35.5. The van der Waals surface area contributed by atoms with Crippen molar-refractivity contribution in [3.63, 3.8) is 0 Å². The Hall–Kier alpha value is -0.570. The summed E-state index contributed by atoms with van der Waals surface area (Å²) in [4.78, 5) is 0. The molecule has 3 heteroatoms. The van der Waals surface area contributed by atoms with Crippen molar-refractivity contribution in [1.29, 1.82) is 0 Å². The molecule has 1 N–H and O–H groups in total. The summed E-state index contributed by atoms with van der Waals surface area (Å²) in [6.07, 6.45) is 2.65. The molecule has 1 saturated carbocycles. The predicted octanol–water partition coefficient (Wildman–Crippen LogP) is 3.21. The molecule has 2 nitrogen and oxygen atoms in total. The molecule has 0 spiro atoms. The zero-order valence-corrected chi connectivity index (χ0v) is 11.2. The Balaban J connectivity index is 1.77. The highest BCUT2D eigenvalue weighted by Gasteiger charge is 2.31. The molecule has 1 aliphatic rings. The first-order chi connectivity index (χ1) is 8.20. The maximum Gasteiger partial charge on any atom is 0.0667 e. The molecule has 1 aromatic rings. The fourth-order valence-corrected chi connectivity index (χ4v) is 2.55. The van der Waals surface area contributed by atoms with Gasteiger partial charge in [0.25, 0.3) is 0 Å². The Labute approximate surface area is 108 Å². The van der Waals surface area contributed by atoms with Gasteiger partial charge in [0, 0.05) is 24.7 Å². The first-order valence-corrected chi connectivity index (χ1v) is 6.59. The van der Waals surface area contributed by atoms with E-state index in [4.69, 9.17) is 16.3 Å². The molecule has 0 heterocycles. The zero-order chi connectivity index (χ0) is 12.3. The van der Waals surface area contributed by atoms with E-state index < -0.39 is 0 Å². The standard InChI is InChI=1S/C14H20ClNO/c1-10(17-2)9-16-12-7-11(8-12)13-5-3-4-6-14(13)15/h3-6,10-12,16H,7-9H2,1-2H3. The molecule has 0 radical (unpaired) electrons. The van der Waals surface area contributed by atoms with Gasteiger partial charge < -0.3 is 10.1 Å². The van der Waals surface area contributed by atoms with Gasteiger partial charge in [-0.1, -0.05) is 29.8 Å². The third-order valence-electron chi connectivity index (χ3n) is 3.58. The summed E-state index contributed by atoms with van der Waals surface area (Å²) in [6, 6.07) is 8.79. The van der Waals surface area contributed by atoms with Gasteiger partial charge in [-0.25, -0.2) is 0 Å². The number of ether oxygens (including phenoxy) is 1. The Morgan fingerprint density at radius 2 is 2.12 bits per heavy atom. The van der Waals surface area contributed by atoms with E-state index in [-0.39, 0.29) is 6.10 Å². The molecule has 17 heavy (non-hydrogen) atoms. The SMILES string of the molecule is COC(C)CNC1CC(c2ccccc2Cl)C1. The zero-order valence-electron chi connectivity index (χ0n) is 10.4. The van der Waals surface area contributed by atoms with Crippen molar-refractivity contribution in [1.82, 2.24) is 5.32 Å². The summed E-state index contributed by atoms with van der Waals surface area (Å²) >= 11 is 6.19. The third kappa shape index (κ3) is 3.21. The predicted molar refractivity (Wildman–Crippen MR) is 71.7 cm³/mol. The van der Waals surface area contributed by atoms with Crippen LogP contribution in [0, 0.1) is 0 Å². The molecule has 0 aromatic heterocycles. The summed E-state index contributed by atoms with van der Waals surface area (Å²) in [5.41, 5.74) is 1.30. The quantitative estimate of drug-likeness (QED) is 0.870. The van der Waals surface area contributed by atoms with Gasteiger partial charge in [0.2, 0.25) is 0 Å². The largest absolute Gasteiger partial charge is 0.380 e. The van der Waals surface area contributed by atoms with E-state index in [0.717, 1.165) is 11.6 Å². The Morgan fingerprint density at radius 3 is 2.76 bits per heavy atom. The number of methoxy groups -OCH3 is 1. The van der Waals surface area contributed by atoms with Crippen molar-refractivity contribution in [2.24, 2.45) is 0 Å². The molecule has 1 unspecified atom stereocenters. The first kappa shape index (κ1) is 12.9. The molecule has 1 aliphatic carbocycles. The highest BCUT2D eigenvalue weighted by molar-refractivity contribution is 6.31. The van der Waals surface area contributed by atoms with Gasteiger partial charge in [-0.2, -0.15) is 0 Å². The Morgan fingerprint density at radius 1 is 1.41 bits per heavy atom. The highest BCUT2D eigenvalue weighted by Crippen LogP contribution is 2.39. The molecule has 1 aromatic carbocycles. The van der Waals surface area contributed by atoms with Crippen molar-refractivity contribution in [2.45, 2.75) is 37.8 Å². The third-order valence-corrected chi connectivity index (χ3v) is 3.92. The summed E-state index contributed by atoms with van der Waals surface area (Å²) in [6.45, 7) is 3.01. The fraction of sp³-hybridized carbons (Fsp3) is 0.571. The summed E-state index contributed by atoms with van der Waals surface area (Å²) in [5, 5.41) is 4.42. The average Bonchev–Trinajstić information content (AvgIpc) is 2.28. The number of halogens is 1. The molecule has 2 rings (SSSR count). The van der Waals surface area contributed by atoms with Crippen molar-refractivity contribution in [2.75, 3.05) is 13.7 Å². The van der Waals surface area contributed by atoms with Crippen LogP contribution in [0.3, 0.4) is 0 Å².